The fourth-order valence-corrected chi connectivity index (χ4v) is 4.02. The number of ether oxygens (including phenoxy) is 2. The molecule has 0 bridgehead atoms. The first-order chi connectivity index (χ1) is 15.1. The monoisotopic (exact) mass is 421 g/mol. The lowest BCUT2D eigenvalue weighted by Gasteiger charge is -2.35. The summed E-state index contributed by atoms with van der Waals surface area (Å²) < 4.78 is 10.9. The first-order valence-electron chi connectivity index (χ1n) is 11.0. The number of rotatable bonds is 13. The summed E-state index contributed by atoms with van der Waals surface area (Å²) in [5, 5.41) is 0. The van der Waals surface area contributed by atoms with Gasteiger partial charge in [-0.05, 0) is 25.7 Å². The fraction of sp³-hybridized carbons (Fsp3) is 0.407. The maximum atomic E-state index is 13.3. The predicted molar refractivity (Wildman–Crippen MR) is 128 cm³/mol. The normalized spacial score (nSPS) is 13.6. The van der Waals surface area contributed by atoms with E-state index >= 15 is 0 Å². The first kappa shape index (κ1) is 24.5. The molecule has 0 amide bonds. The van der Waals surface area contributed by atoms with E-state index in [1.54, 1.807) is 7.11 Å². The van der Waals surface area contributed by atoms with Crippen molar-refractivity contribution in [2.24, 2.45) is 10.9 Å². The molecule has 0 aliphatic heterocycles. The summed E-state index contributed by atoms with van der Waals surface area (Å²) in [7, 11) is 3.11. The molecule has 4 nitrogen and oxygen atoms in total. The van der Waals surface area contributed by atoms with E-state index in [0.717, 1.165) is 42.5 Å². The van der Waals surface area contributed by atoms with Gasteiger partial charge in [0.25, 0.3) is 0 Å². The molecular formula is C27H35NO3. The van der Waals surface area contributed by atoms with Crippen LogP contribution in [0.1, 0.15) is 50.2 Å². The van der Waals surface area contributed by atoms with Crippen molar-refractivity contribution in [3.63, 3.8) is 0 Å². The second kappa shape index (κ2) is 12.9. The van der Waals surface area contributed by atoms with Crippen LogP contribution in [0.5, 0.6) is 0 Å². The predicted octanol–water partition coefficient (Wildman–Crippen LogP) is 5.85. The Hall–Kier alpha value is -2.72. The minimum absolute atomic E-state index is 0.0952. The molecule has 0 spiro atoms. The number of hydrogen-bond acceptors (Lipinski definition) is 4. The van der Waals surface area contributed by atoms with Gasteiger partial charge in [-0.1, -0.05) is 80.1 Å². The van der Waals surface area contributed by atoms with Crippen molar-refractivity contribution in [3.05, 3.63) is 84.4 Å². The summed E-state index contributed by atoms with van der Waals surface area (Å²) in [6, 6.07) is 20.0. The number of unbranched alkanes of at least 4 members (excludes halogenated alkanes) is 2. The molecule has 0 radical (unpaired) electrons. The standard InChI is InChI=1S/C27H35NO3/c1-5-7-8-15-20-24(21-30-3)27(6-2,26(29)31-4)28-25(22-16-11-9-12-17-22)23-18-13-10-14-19-23/h5,9-14,16-19,24H,1,6-8,15,20-21H2,2-4H3/t24-,27+/m0/s1. The number of benzene rings is 2. The van der Waals surface area contributed by atoms with Crippen LogP contribution in [-0.2, 0) is 14.3 Å². The average molecular weight is 422 g/mol. The number of esters is 1. The van der Waals surface area contributed by atoms with Crippen LogP contribution in [0, 0.1) is 5.92 Å². The van der Waals surface area contributed by atoms with Gasteiger partial charge in [0.2, 0.25) is 0 Å². The Labute approximate surface area is 187 Å². The Balaban J connectivity index is 2.62. The van der Waals surface area contributed by atoms with Gasteiger partial charge in [0.05, 0.1) is 19.4 Å². The Bertz CT molecular complexity index is 791. The van der Waals surface area contributed by atoms with E-state index in [-0.39, 0.29) is 11.9 Å². The maximum absolute atomic E-state index is 13.3. The highest BCUT2D eigenvalue weighted by molar-refractivity contribution is 6.13. The summed E-state index contributed by atoms with van der Waals surface area (Å²) in [5.74, 6) is -0.410. The van der Waals surface area contributed by atoms with Crippen LogP contribution in [0.2, 0.25) is 0 Å². The first-order valence-corrected chi connectivity index (χ1v) is 11.0. The lowest BCUT2D eigenvalue weighted by molar-refractivity contribution is -0.150. The third kappa shape index (κ3) is 6.38. The number of hydrogen-bond donors (Lipinski definition) is 0. The van der Waals surface area contributed by atoms with Crippen molar-refractivity contribution in [2.45, 2.75) is 44.6 Å². The van der Waals surface area contributed by atoms with Gasteiger partial charge in [-0.3, -0.25) is 4.99 Å². The van der Waals surface area contributed by atoms with Gasteiger partial charge >= 0.3 is 5.97 Å². The van der Waals surface area contributed by atoms with Crippen LogP contribution in [0.15, 0.2) is 78.3 Å². The molecule has 31 heavy (non-hydrogen) atoms. The molecule has 0 unspecified atom stereocenters. The molecule has 0 saturated heterocycles. The molecular weight excluding hydrogens is 386 g/mol. The molecule has 0 aromatic heterocycles. The van der Waals surface area contributed by atoms with Crippen molar-refractivity contribution in [1.29, 1.82) is 0 Å². The minimum atomic E-state index is -1.03. The van der Waals surface area contributed by atoms with Gasteiger partial charge < -0.3 is 9.47 Å². The maximum Gasteiger partial charge on any atom is 0.334 e. The lowest BCUT2D eigenvalue weighted by Crippen LogP contribution is -2.47. The van der Waals surface area contributed by atoms with E-state index < -0.39 is 5.54 Å². The van der Waals surface area contributed by atoms with E-state index in [0.29, 0.717) is 13.0 Å². The van der Waals surface area contributed by atoms with E-state index in [4.69, 9.17) is 14.5 Å². The number of methoxy groups -OCH3 is 2. The fourth-order valence-electron chi connectivity index (χ4n) is 4.02. The molecule has 2 atom stereocenters. The van der Waals surface area contributed by atoms with Gasteiger partial charge in [-0.15, -0.1) is 6.58 Å². The number of nitrogens with zero attached hydrogens (tertiary/aromatic N) is 1. The molecule has 2 aromatic carbocycles. The summed E-state index contributed by atoms with van der Waals surface area (Å²) >= 11 is 0. The molecule has 0 fully saturated rings. The van der Waals surface area contributed by atoms with E-state index in [1.807, 2.05) is 73.7 Å². The molecule has 0 N–H and O–H groups in total. The van der Waals surface area contributed by atoms with Crippen molar-refractivity contribution in [1.82, 2.24) is 0 Å². The zero-order valence-electron chi connectivity index (χ0n) is 19.0. The third-order valence-corrected chi connectivity index (χ3v) is 5.74. The highest BCUT2D eigenvalue weighted by Crippen LogP contribution is 2.34. The number of allylic oxidation sites excluding steroid dienone is 1. The zero-order valence-corrected chi connectivity index (χ0v) is 19.0. The molecule has 0 aliphatic carbocycles. The second-order valence-electron chi connectivity index (χ2n) is 7.69. The molecule has 2 rings (SSSR count). The van der Waals surface area contributed by atoms with Crippen molar-refractivity contribution in [3.8, 4) is 0 Å². The average Bonchev–Trinajstić information content (AvgIpc) is 2.83. The van der Waals surface area contributed by atoms with Gasteiger partial charge in [0.15, 0.2) is 5.54 Å². The lowest BCUT2D eigenvalue weighted by atomic mass is 9.78. The van der Waals surface area contributed by atoms with Gasteiger partial charge in [-0.25, -0.2) is 4.79 Å². The molecule has 4 heteroatoms. The molecule has 166 valence electrons. The number of carbonyl (C=O) groups is 1. The Morgan fingerprint density at radius 3 is 2.06 bits per heavy atom. The zero-order chi connectivity index (χ0) is 22.5. The van der Waals surface area contributed by atoms with E-state index in [1.165, 1.54) is 7.11 Å². The summed E-state index contributed by atoms with van der Waals surface area (Å²) in [5.41, 5.74) is 1.71. The summed E-state index contributed by atoms with van der Waals surface area (Å²) in [6.45, 7) is 6.25. The van der Waals surface area contributed by atoms with Crippen LogP contribution in [0.25, 0.3) is 0 Å². The van der Waals surface area contributed by atoms with E-state index in [9.17, 15) is 4.79 Å². The third-order valence-electron chi connectivity index (χ3n) is 5.74. The summed E-state index contributed by atoms with van der Waals surface area (Å²) in [4.78, 5) is 18.5. The van der Waals surface area contributed by atoms with Crippen molar-refractivity contribution in [2.75, 3.05) is 20.8 Å². The number of carbonyl (C=O) groups excluding carboxylic acids is 1. The summed E-state index contributed by atoms with van der Waals surface area (Å²) in [6.07, 6.45) is 6.24. The quantitative estimate of drug-likeness (QED) is 0.176. The highest BCUT2D eigenvalue weighted by Gasteiger charge is 2.45. The van der Waals surface area contributed by atoms with Crippen LogP contribution in [-0.4, -0.2) is 38.0 Å². The van der Waals surface area contributed by atoms with Crippen molar-refractivity contribution >= 4 is 11.7 Å². The van der Waals surface area contributed by atoms with Gasteiger partial charge in [0, 0.05) is 24.2 Å². The molecule has 0 saturated carbocycles. The molecule has 0 aliphatic rings. The van der Waals surface area contributed by atoms with Crippen molar-refractivity contribution < 1.29 is 14.3 Å². The van der Waals surface area contributed by atoms with Crippen LogP contribution >= 0.6 is 0 Å². The highest BCUT2D eigenvalue weighted by atomic mass is 16.5. The number of aliphatic imine (C=N–C) groups is 1. The van der Waals surface area contributed by atoms with Crippen LogP contribution < -0.4 is 0 Å². The Morgan fingerprint density at radius 1 is 1.03 bits per heavy atom. The molecule has 2 aromatic rings. The Morgan fingerprint density at radius 2 is 1.61 bits per heavy atom. The van der Waals surface area contributed by atoms with Crippen LogP contribution in [0.3, 0.4) is 0 Å². The smallest absolute Gasteiger partial charge is 0.334 e. The largest absolute Gasteiger partial charge is 0.467 e. The second-order valence-corrected chi connectivity index (χ2v) is 7.69. The SMILES string of the molecule is C=CCCCC[C@@H](COC)[C@@](CC)(N=C(c1ccccc1)c1ccccc1)C(=O)OC. The Kier molecular flexibility index (Phi) is 10.2. The van der Waals surface area contributed by atoms with E-state index in [2.05, 4.69) is 6.58 Å². The molecule has 0 heterocycles. The minimum Gasteiger partial charge on any atom is -0.467 e. The van der Waals surface area contributed by atoms with Crippen LogP contribution in [0.4, 0.5) is 0 Å². The van der Waals surface area contributed by atoms with Gasteiger partial charge in [-0.2, -0.15) is 0 Å². The topological polar surface area (TPSA) is 47.9 Å². The van der Waals surface area contributed by atoms with Gasteiger partial charge in [0.1, 0.15) is 0 Å².